The van der Waals surface area contributed by atoms with E-state index in [1.54, 1.807) is 0 Å². The molecule has 0 saturated carbocycles. The molecule has 3 rings (SSSR count). The molecule has 0 bridgehead atoms. The van der Waals surface area contributed by atoms with E-state index in [1.165, 1.54) is 0 Å². The number of hydrogen-bond donors (Lipinski definition) is 2. The van der Waals surface area contributed by atoms with Crippen LogP contribution in [0.25, 0.3) is 11.0 Å². The molecule has 4 nitrogen and oxygen atoms in total. The van der Waals surface area contributed by atoms with E-state index in [0.29, 0.717) is 0 Å². The van der Waals surface area contributed by atoms with E-state index < -0.39 is 0 Å². The summed E-state index contributed by atoms with van der Waals surface area (Å²) in [5.74, 6) is 0.848. The topological polar surface area (TPSA) is 54.3 Å². The number of furan rings is 1. The number of benzene rings is 1. The van der Waals surface area contributed by atoms with Crippen LogP contribution >= 0.6 is 0 Å². The van der Waals surface area contributed by atoms with Crippen molar-refractivity contribution in [1.29, 1.82) is 0 Å². The van der Waals surface area contributed by atoms with Crippen molar-refractivity contribution in [3.8, 4) is 0 Å². The van der Waals surface area contributed by atoms with E-state index in [-0.39, 0.29) is 23.4 Å². The number of fused-ring (bicyclic) bond motifs is 1. The minimum atomic E-state index is -0.145. The molecule has 0 radical (unpaired) electrons. The molecular formula is C18H24N2O2. The lowest BCUT2D eigenvalue weighted by Crippen LogP contribution is -2.55. The van der Waals surface area contributed by atoms with Gasteiger partial charge in [-0.2, -0.15) is 0 Å². The SMILES string of the molecule is CC(NC(=O)C1NCCCC1(C)C)c1cc2ccccc2o1. The van der Waals surface area contributed by atoms with E-state index in [9.17, 15) is 4.79 Å². The lowest BCUT2D eigenvalue weighted by Gasteiger charge is -2.38. The van der Waals surface area contributed by atoms with Crippen molar-refractivity contribution in [2.45, 2.75) is 45.7 Å². The Labute approximate surface area is 131 Å². The van der Waals surface area contributed by atoms with Gasteiger partial charge in [-0.25, -0.2) is 0 Å². The summed E-state index contributed by atoms with van der Waals surface area (Å²) >= 11 is 0. The van der Waals surface area contributed by atoms with Crippen molar-refractivity contribution in [2.75, 3.05) is 6.54 Å². The monoisotopic (exact) mass is 300 g/mol. The first kappa shape index (κ1) is 15.1. The zero-order chi connectivity index (χ0) is 15.7. The zero-order valence-corrected chi connectivity index (χ0v) is 13.5. The van der Waals surface area contributed by atoms with Crippen LogP contribution in [0, 0.1) is 5.41 Å². The van der Waals surface area contributed by atoms with Gasteiger partial charge in [-0.05, 0) is 43.9 Å². The highest BCUT2D eigenvalue weighted by atomic mass is 16.3. The fourth-order valence-corrected chi connectivity index (χ4v) is 3.24. The van der Waals surface area contributed by atoms with Gasteiger partial charge in [0.1, 0.15) is 11.3 Å². The maximum absolute atomic E-state index is 12.6. The van der Waals surface area contributed by atoms with E-state index >= 15 is 0 Å². The van der Waals surface area contributed by atoms with Crippen molar-refractivity contribution < 1.29 is 9.21 Å². The molecule has 2 atom stereocenters. The highest BCUT2D eigenvalue weighted by Crippen LogP contribution is 2.31. The molecule has 1 aliphatic heterocycles. The fourth-order valence-electron chi connectivity index (χ4n) is 3.24. The number of rotatable bonds is 3. The van der Waals surface area contributed by atoms with Crippen molar-refractivity contribution >= 4 is 16.9 Å². The summed E-state index contributed by atoms with van der Waals surface area (Å²) in [5, 5.41) is 7.50. The van der Waals surface area contributed by atoms with Gasteiger partial charge >= 0.3 is 0 Å². The maximum Gasteiger partial charge on any atom is 0.238 e. The highest BCUT2D eigenvalue weighted by molar-refractivity contribution is 5.83. The van der Waals surface area contributed by atoms with Gasteiger partial charge in [0.15, 0.2) is 0 Å². The Morgan fingerprint density at radius 3 is 2.91 bits per heavy atom. The van der Waals surface area contributed by atoms with Gasteiger partial charge in [0.2, 0.25) is 5.91 Å². The van der Waals surface area contributed by atoms with Crippen LogP contribution in [0.2, 0.25) is 0 Å². The number of nitrogens with one attached hydrogen (secondary N) is 2. The number of carbonyl (C=O) groups is 1. The average Bonchev–Trinajstić information content (AvgIpc) is 2.90. The molecule has 1 amide bonds. The second-order valence-electron chi connectivity index (χ2n) is 6.90. The van der Waals surface area contributed by atoms with Crippen LogP contribution in [0.1, 0.15) is 45.4 Å². The summed E-state index contributed by atoms with van der Waals surface area (Å²) in [6.45, 7) is 7.16. The van der Waals surface area contributed by atoms with Crippen LogP contribution in [-0.2, 0) is 4.79 Å². The van der Waals surface area contributed by atoms with Crippen LogP contribution in [0.3, 0.4) is 0 Å². The first-order valence-electron chi connectivity index (χ1n) is 7.99. The standard InChI is InChI=1S/C18H24N2O2/c1-12(15-11-13-7-4-5-8-14(13)22-15)20-17(21)16-18(2,3)9-6-10-19-16/h4-5,7-8,11-12,16,19H,6,9-10H2,1-3H3,(H,20,21). The van der Waals surface area contributed by atoms with Crippen molar-refractivity contribution in [1.82, 2.24) is 10.6 Å². The Morgan fingerprint density at radius 1 is 1.41 bits per heavy atom. The molecule has 1 aromatic heterocycles. The van der Waals surface area contributed by atoms with E-state index in [4.69, 9.17) is 4.42 Å². The predicted octanol–water partition coefficient (Wildman–Crippen LogP) is 3.39. The average molecular weight is 300 g/mol. The molecule has 4 heteroatoms. The summed E-state index contributed by atoms with van der Waals surface area (Å²) in [6, 6.07) is 9.61. The fraction of sp³-hybridized carbons (Fsp3) is 0.500. The van der Waals surface area contributed by atoms with Gasteiger partial charge in [0, 0.05) is 5.39 Å². The summed E-state index contributed by atoms with van der Waals surface area (Å²) < 4.78 is 5.83. The molecule has 1 aliphatic rings. The minimum Gasteiger partial charge on any atom is -0.459 e. The van der Waals surface area contributed by atoms with Crippen molar-refractivity contribution in [2.24, 2.45) is 5.41 Å². The Hall–Kier alpha value is -1.81. The van der Waals surface area contributed by atoms with Gasteiger partial charge in [0.25, 0.3) is 0 Å². The molecule has 1 fully saturated rings. The first-order valence-corrected chi connectivity index (χ1v) is 7.99. The molecule has 1 aromatic carbocycles. The lowest BCUT2D eigenvalue weighted by atomic mass is 9.77. The molecule has 2 aromatic rings. The number of piperidine rings is 1. The molecule has 118 valence electrons. The van der Waals surface area contributed by atoms with Crippen LogP contribution in [0.5, 0.6) is 0 Å². The highest BCUT2D eigenvalue weighted by Gasteiger charge is 2.37. The Morgan fingerprint density at radius 2 is 2.18 bits per heavy atom. The van der Waals surface area contributed by atoms with E-state index in [1.807, 2.05) is 37.3 Å². The van der Waals surface area contributed by atoms with E-state index in [0.717, 1.165) is 36.1 Å². The summed E-state index contributed by atoms with van der Waals surface area (Å²) in [5.41, 5.74) is 0.838. The first-order chi connectivity index (χ1) is 10.5. The largest absolute Gasteiger partial charge is 0.459 e. The smallest absolute Gasteiger partial charge is 0.238 e. The number of hydrogen-bond acceptors (Lipinski definition) is 3. The van der Waals surface area contributed by atoms with Crippen molar-refractivity contribution in [3.05, 3.63) is 36.1 Å². The molecule has 0 spiro atoms. The minimum absolute atomic E-state index is 0.0179. The molecule has 0 aliphatic carbocycles. The summed E-state index contributed by atoms with van der Waals surface area (Å²) in [4.78, 5) is 12.6. The Bertz CT molecular complexity index is 642. The van der Waals surface area contributed by atoms with Crippen molar-refractivity contribution in [3.63, 3.8) is 0 Å². The Kier molecular flexibility index (Phi) is 3.96. The Balaban J connectivity index is 1.73. The third-order valence-electron chi connectivity index (χ3n) is 4.62. The number of para-hydroxylation sites is 1. The molecule has 1 saturated heterocycles. The van der Waals surface area contributed by atoms with Gasteiger partial charge in [-0.15, -0.1) is 0 Å². The van der Waals surface area contributed by atoms with Gasteiger partial charge in [-0.1, -0.05) is 32.0 Å². The van der Waals surface area contributed by atoms with Crippen LogP contribution in [0.15, 0.2) is 34.7 Å². The van der Waals surface area contributed by atoms with Crippen LogP contribution < -0.4 is 10.6 Å². The van der Waals surface area contributed by atoms with Crippen LogP contribution in [-0.4, -0.2) is 18.5 Å². The molecule has 22 heavy (non-hydrogen) atoms. The molecule has 2 unspecified atom stereocenters. The normalized spacial score (nSPS) is 22.4. The van der Waals surface area contributed by atoms with Gasteiger partial charge < -0.3 is 15.1 Å². The second-order valence-corrected chi connectivity index (χ2v) is 6.90. The molecule has 2 heterocycles. The third-order valence-corrected chi connectivity index (χ3v) is 4.62. The van der Waals surface area contributed by atoms with Gasteiger partial charge in [-0.3, -0.25) is 4.79 Å². The number of carbonyl (C=O) groups excluding carboxylic acids is 1. The third kappa shape index (κ3) is 2.88. The van der Waals surface area contributed by atoms with Gasteiger partial charge in [0.05, 0.1) is 12.1 Å². The summed E-state index contributed by atoms with van der Waals surface area (Å²) in [6.07, 6.45) is 2.19. The summed E-state index contributed by atoms with van der Waals surface area (Å²) in [7, 11) is 0. The second kappa shape index (κ2) is 5.76. The predicted molar refractivity (Wildman–Crippen MR) is 87.6 cm³/mol. The maximum atomic E-state index is 12.6. The number of amides is 1. The van der Waals surface area contributed by atoms with Crippen LogP contribution in [0.4, 0.5) is 0 Å². The molecule has 2 N–H and O–H groups in total. The quantitative estimate of drug-likeness (QED) is 0.913. The zero-order valence-electron chi connectivity index (χ0n) is 13.5. The lowest BCUT2D eigenvalue weighted by molar-refractivity contribution is -0.127. The molecular weight excluding hydrogens is 276 g/mol. The van der Waals surface area contributed by atoms with E-state index in [2.05, 4.69) is 24.5 Å².